The number of fused-ring (bicyclic) bond motifs is 1. The lowest BCUT2D eigenvalue weighted by molar-refractivity contribution is 0.712. The van der Waals surface area contributed by atoms with Crippen LogP contribution in [-0.4, -0.2) is 34.9 Å². The molecule has 0 fully saturated rings. The van der Waals surface area contributed by atoms with E-state index in [1.165, 1.54) is 11.9 Å². The fourth-order valence-electron chi connectivity index (χ4n) is 3.86. The third-order valence-electron chi connectivity index (χ3n) is 5.55. The highest BCUT2D eigenvalue weighted by molar-refractivity contribution is 5.83. The number of aromatic amines is 1. The highest BCUT2D eigenvalue weighted by Crippen LogP contribution is 2.23. The molecule has 0 saturated heterocycles. The smallest absolute Gasteiger partial charge is 0.233 e. The Bertz CT molecular complexity index is 1570. The van der Waals surface area contributed by atoms with Gasteiger partial charge in [0.05, 0.1) is 24.0 Å². The van der Waals surface area contributed by atoms with Gasteiger partial charge in [0.25, 0.3) is 0 Å². The quantitative estimate of drug-likeness (QED) is 0.303. The van der Waals surface area contributed by atoms with Gasteiger partial charge in [0.2, 0.25) is 11.9 Å². The lowest BCUT2D eigenvalue weighted by Crippen LogP contribution is -2.03. The molecule has 3 N–H and O–H groups in total. The lowest BCUT2D eigenvalue weighted by Gasteiger charge is -2.07. The molecule has 6 aromatic rings. The first-order valence-electron chi connectivity index (χ1n) is 11.1. The van der Waals surface area contributed by atoms with Crippen LogP contribution in [0.25, 0.3) is 22.2 Å². The molecule has 3 heterocycles. The largest absolute Gasteiger partial charge is 0.324 e. The summed E-state index contributed by atoms with van der Waals surface area (Å²) in [5.74, 6) is 1.44. The molecule has 0 aliphatic rings. The molecule has 170 valence electrons. The van der Waals surface area contributed by atoms with E-state index in [1.54, 1.807) is 0 Å². The molecule has 0 saturated carbocycles. The number of aromatic nitrogens is 7. The van der Waals surface area contributed by atoms with Crippen LogP contribution in [0.5, 0.6) is 0 Å². The van der Waals surface area contributed by atoms with E-state index in [0.717, 1.165) is 34.4 Å². The molecule has 0 aliphatic carbocycles. The molecule has 3 aromatic heterocycles. The summed E-state index contributed by atoms with van der Waals surface area (Å²) in [6, 6.07) is 28.2. The van der Waals surface area contributed by atoms with Crippen LogP contribution in [0.2, 0.25) is 0 Å². The van der Waals surface area contributed by atoms with Gasteiger partial charge in [0.15, 0.2) is 5.82 Å². The predicted octanol–water partition coefficient (Wildman–Crippen LogP) is 5.15. The van der Waals surface area contributed by atoms with Gasteiger partial charge in [-0.15, -0.1) is 0 Å². The number of anilines is 4. The summed E-state index contributed by atoms with van der Waals surface area (Å²) in [4.78, 5) is 12.9. The maximum atomic E-state index is 4.55. The molecule has 0 spiro atoms. The summed E-state index contributed by atoms with van der Waals surface area (Å²) in [7, 11) is 0. The molecule has 9 heteroatoms. The molecule has 3 aromatic carbocycles. The zero-order valence-electron chi connectivity index (χ0n) is 18.6. The monoisotopic (exact) mass is 459 g/mol. The Morgan fingerprint density at radius 2 is 1.57 bits per heavy atom. The highest BCUT2D eigenvalue weighted by atomic mass is 15.3. The van der Waals surface area contributed by atoms with E-state index < -0.39 is 0 Å². The predicted molar refractivity (Wildman–Crippen MR) is 136 cm³/mol. The van der Waals surface area contributed by atoms with Gasteiger partial charge in [-0.3, -0.25) is 9.78 Å². The molecule has 0 unspecified atom stereocenters. The Morgan fingerprint density at radius 1 is 0.800 bits per heavy atom. The van der Waals surface area contributed by atoms with Crippen LogP contribution >= 0.6 is 0 Å². The van der Waals surface area contributed by atoms with Gasteiger partial charge >= 0.3 is 0 Å². The van der Waals surface area contributed by atoms with Gasteiger partial charge in [0, 0.05) is 17.1 Å². The molecular formula is C26H21N9. The summed E-state index contributed by atoms with van der Waals surface area (Å²) < 4.78 is 1.99. The molecule has 0 radical (unpaired) electrons. The van der Waals surface area contributed by atoms with Gasteiger partial charge in [-0.2, -0.15) is 15.2 Å². The maximum absolute atomic E-state index is 4.55. The normalized spacial score (nSPS) is 11.0. The topological polar surface area (TPSA) is 109 Å². The van der Waals surface area contributed by atoms with Crippen LogP contribution in [0.3, 0.4) is 0 Å². The number of rotatable bonds is 7. The number of nitrogens with one attached hydrogen (secondary N) is 3. The van der Waals surface area contributed by atoms with Gasteiger partial charge in [0.1, 0.15) is 6.33 Å². The fraction of sp³-hybridized carbons (Fsp3) is 0.0385. The molecule has 0 atom stereocenters. The minimum absolute atomic E-state index is 0.394. The van der Waals surface area contributed by atoms with E-state index in [1.807, 2.05) is 83.7 Å². The van der Waals surface area contributed by atoms with Gasteiger partial charge in [-0.25, -0.2) is 9.97 Å². The minimum Gasteiger partial charge on any atom is -0.324 e. The van der Waals surface area contributed by atoms with Crippen molar-refractivity contribution in [3.8, 4) is 11.3 Å². The van der Waals surface area contributed by atoms with Crippen molar-refractivity contribution in [3.63, 3.8) is 0 Å². The summed E-state index contributed by atoms with van der Waals surface area (Å²) >= 11 is 0. The van der Waals surface area contributed by atoms with Crippen molar-refractivity contribution < 1.29 is 0 Å². The second kappa shape index (κ2) is 9.06. The zero-order chi connectivity index (χ0) is 23.5. The standard InChI is InChI=1S/C26H21N9/c1-3-7-18(8-4-1)16-35-23-12-11-21(13-20(23)15-29-35)30-25-27-17-28-26(32-25)31-24-14-22(33-34-24)19-9-5-2-6-10-19/h1-15,17H,16H2,(H3,27,28,30,31,32,33,34). The fourth-order valence-corrected chi connectivity index (χ4v) is 3.86. The van der Waals surface area contributed by atoms with Gasteiger partial charge < -0.3 is 10.6 Å². The average Bonchev–Trinajstić information content (AvgIpc) is 3.52. The summed E-state index contributed by atoms with van der Waals surface area (Å²) in [5, 5.41) is 19.3. The third kappa shape index (κ3) is 4.55. The highest BCUT2D eigenvalue weighted by Gasteiger charge is 2.08. The van der Waals surface area contributed by atoms with E-state index in [-0.39, 0.29) is 0 Å². The Morgan fingerprint density at radius 3 is 2.40 bits per heavy atom. The van der Waals surface area contributed by atoms with Crippen LogP contribution in [-0.2, 0) is 6.54 Å². The van der Waals surface area contributed by atoms with Crippen LogP contribution in [0.1, 0.15) is 5.56 Å². The van der Waals surface area contributed by atoms with Crippen molar-refractivity contribution in [2.45, 2.75) is 6.54 Å². The summed E-state index contributed by atoms with van der Waals surface area (Å²) in [6.45, 7) is 0.721. The Labute approximate surface area is 200 Å². The maximum Gasteiger partial charge on any atom is 0.233 e. The Kier molecular flexibility index (Phi) is 5.32. The minimum atomic E-state index is 0.394. The van der Waals surface area contributed by atoms with Crippen molar-refractivity contribution in [2.75, 3.05) is 10.6 Å². The van der Waals surface area contributed by atoms with Crippen molar-refractivity contribution >= 4 is 34.3 Å². The molecule has 0 amide bonds. The van der Waals surface area contributed by atoms with Crippen LogP contribution in [0.4, 0.5) is 23.4 Å². The first-order valence-corrected chi connectivity index (χ1v) is 11.1. The second-order valence-electron chi connectivity index (χ2n) is 7.98. The van der Waals surface area contributed by atoms with Crippen molar-refractivity contribution in [3.05, 3.63) is 103 Å². The van der Waals surface area contributed by atoms with Crippen molar-refractivity contribution in [1.29, 1.82) is 0 Å². The second-order valence-corrected chi connectivity index (χ2v) is 7.98. The third-order valence-corrected chi connectivity index (χ3v) is 5.55. The van der Waals surface area contributed by atoms with E-state index in [9.17, 15) is 0 Å². The van der Waals surface area contributed by atoms with Crippen LogP contribution in [0, 0.1) is 0 Å². The molecule has 6 rings (SSSR count). The number of hydrogen-bond donors (Lipinski definition) is 3. The van der Waals surface area contributed by atoms with Gasteiger partial charge in [-0.05, 0) is 29.3 Å². The van der Waals surface area contributed by atoms with E-state index in [0.29, 0.717) is 17.7 Å². The summed E-state index contributed by atoms with van der Waals surface area (Å²) in [5.41, 5.74) is 5.08. The van der Waals surface area contributed by atoms with Gasteiger partial charge in [-0.1, -0.05) is 60.7 Å². The number of H-pyrrole nitrogens is 1. The van der Waals surface area contributed by atoms with Crippen LogP contribution in [0.15, 0.2) is 97.5 Å². The average molecular weight is 460 g/mol. The van der Waals surface area contributed by atoms with Crippen molar-refractivity contribution in [1.82, 2.24) is 34.9 Å². The lowest BCUT2D eigenvalue weighted by atomic mass is 10.2. The Hall–Kier alpha value is -5.05. The number of nitrogens with zero attached hydrogens (tertiary/aromatic N) is 6. The molecular weight excluding hydrogens is 438 g/mol. The Balaban J connectivity index is 1.17. The number of benzene rings is 3. The first-order chi connectivity index (χ1) is 17.3. The molecule has 0 bridgehead atoms. The van der Waals surface area contributed by atoms with E-state index in [2.05, 4.69) is 53.0 Å². The molecule has 9 nitrogen and oxygen atoms in total. The molecule has 35 heavy (non-hydrogen) atoms. The van der Waals surface area contributed by atoms with E-state index >= 15 is 0 Å². The first kappa shape index (κ1) is 20.5. The van der Waals surface area contributed by atoms with Crippen molar-refractivity contribution in [2.24, 2.45) is 0 Å². The SMILES string of the molecule is c1ccc(Cn2ncc3cc(Nc4ncnc(Nc5cc(-c6ccccc6)[nH]n5)n4)ccc32)cc1. The summed E-state index contributed by atoms with van der Waals surface area (Å²) in [6.07, 6.45) is 3.32. The zero-order valence-corrected chi connectivity index (χ0v) is 18.6. The molecule has 0 aliphatic heterocycles. The van der Waals surface area contributed by atoms with E-state index in [4.69, 9.17) is 0 Å². The van der Waals surface area contributed by atoms with Crippen LogP contribution < -0.4 is 10.6 Å². The number of hydrogen-bond acceptors (Lipinski definition) is 7.